The molecule has 0 radical (unpaired) electrons. The van der Waals surface area contributed by atoms with E-state index in [2.05, 4.69) is 5.43 Å². The van der Waals surface area contributed by atoms with Crippen LogP contribution in [0, 0.1) is 9.39 Å². The first kappa shape index (κ1) is 16.5. The number of nitrogens with two attached hydrogens (primary N) is 1. The molecule has 5 nitrogen and oxygen atoms in total. The highest BCUT2D eigenvalue weighted by Gasteiger charge is 2.15. The van der Waals surface area contributed by atoms with Crippen molar-refractivity contribution in [3.63, 3.8) is 0 Å². The monoisotopic (exact) mass is 416 g/mol. The van der Waals surface area contributed by atoms with E-state index in [1.165, 1.54) is 19.2 Å². The maximum atomic E-state index is 13.6. The number of halogens is 2. The molecule has 2 aromatic rings. The molecule has 0 bridgehead atoms. The normalized spacial score (nSPS) is 10.2. The lowest BCUT2D eigenvalue weighted by Gasteiger charge is -2.14. The molecular weight excluding hydrogens is 402 g/mol. The fourth-order valence-corrected chi connectivity index (χ4v) is 2.60. The van der Waals surface area contributed by atoms with Crippen molar-refractivity contribution < 1.29 is 18.7 Å². The number of benzene rings is 2. The second kappa shape index (κ2) is 7.41. The third-order valence-corrected chi connectivity index (χ3v) is 3.75. The van der Waals surface area contributed by atoms with Crippen molar-refractivity contribution in [1.29, 1.82) is 0 Å². The number of hydrogen-bond acceptors (Lipinski definition) is 4. The van der Waals surface area contributed by atoms with Gasteiger partial charge in [0.1, 0.15) is 12.4 Å². The van der Waals surface area contributed by atoms with Crippen LogP contribution in [0.4, 0.5) is 4.39 Å². The van der Waals surface area contributed by atoms with Gasteiger partial charge >= 0.3 is 0 Å². The fraction of sp³-hybridized carbons (Fsp3) is 0.133. The van der Waals surface area contributed by atoms with Crippen LogP contribution in [-0.2, 0) is 6.61 Å². The molecule has 3 N–H and O–H groups in total. The second-order valence-electron chi connectivity index (χ2n) is 4.34. The molecule has 0 aliphatic carbocycles. The number of hydrazine groups is 1. The number of ether oxygens (including phenoxy) is 2. The van der Waals surface area contributed by atoms with Crippen LogP contribution in [0.5, 0.6) is 11.5 Å². The Kier molecular flexibility index (Phi) is 5.56. The first-order valence-electron chi connectivity index (χ1n) is 6.31. The van der Waals surface area contributed by atoms with E-state index in [0.717, 1.165) is 0 Å². The molecule has 0 fully saturated rings. The van der Waals surface area contributed by atoms with E-state index in [9.17, 15) is 9.18 Å². The Morgan fingerprint density at radius 3 is 2.73 bits per heavy atom. The van der Waals surface area contributed by atoms with E-state index in [1.54, 1.807) is 24.3 Å². The Balaban J connectivity index is 2.27. The van der Waals surface area contributed by atoms with Gasteiger partial charge in [-0.15, -0.1) is 0 Å². The Morgan fingerprint density at radius 2 is 2.09 bits per heavy atom. The van der Waals surface area contributed by atoms with Crippen LogP contribution in [0.15, 0.2) is 36.4 Å². The lowest BCUT2D eigenvalue weighted by Crippen LogP contribution is -2.30. The van der Waals surface area contributed by atoms with Gasteiger partial charge in [-0.3, -0.25) is 10.2 Å². The lowest BCUT2D eigenvalue weighted by atomic mass is 10.2. The predicted octanol–water partition coefficient (Wildman–Crippen LogP) is 2.62. The van der Waals surface area contributed by atoms with Crippen molar-refractivity contribution in [2.75, 3.05) is 7.11 Å². The van der Waals surface area contributed by atoms with Gasteiger partial charge in [0.25, 0.3) is 5.91 Å². The van der Waals surface area contributed by atoms with E-state index in [-0.39, 0.29) is 12.4 Å². The van der Waals surface area contributed by atoms with Crippen molar-refractivity contribution in [3.05, 3.63) is 56.9 Å². The molecule has 2 rings (SSSR count). The summed E-state index contributed by atoms with van der Waals surface area (Å²) in [5.74, 6) is 5.17. The van der Waals surface area contributed by atoms with Gasteiger partial charge in [-0.2, -0.15) is 0 Å². The smallest absolute Gasteiger partial charge is 0.265 e. The molecule has 0 unspecified atom stereocenters. The summed E-state index contributed by atoms with van der Waals surface area (Å²) in [4.78, 5) is 11.6. The Morgan fingerprint density at radius 1 is 1.36 bits per heavy atom. The van der Waals surface area contributed by atoms with Crippen molar-refractivity contribution in [2.24, 2.45) is 5.84 Å². The van der Waals surface area contributed by atoms with Crippen molar-refractivity contribution in [3.8, 4) is 11.5 Å². The molecule has 0 aliphatic heterocycles. The molecule has 0 spiro atoms. The van der Waals surface area contributed by atoms with Crippen LogP contribution in [0.2, 0.25) is 0 Å². The minimum absolute atomic E-state index is 0.0570. The van der Waals surface area contributed by atoms with Crippen LogP contribution in [0.1, 0.15) is 15.9 Å². The number of methoxy groups -OCH3 is 1. The van der Waals surface area contributed by atoms with Gasteiger partial charge in [0, 0.05) is 11.1 Å². The molecular formula is C15H14FIN2O3. The summed E-state index contributed by atoms with van der Waals surface area (Å²) >= 11 is 2.02. The molecule has 0 atom stereocenters. The summed E-state index contributed by atoms with van der Waals surface area (Å²) in [5, 5.41) is 0. The number of nitrogens with one attached hydrogen (secondary N) is 1. The summed E-state index contributed by atoms with van der Waals surface area (Å²) in [6, 6.07) is 9.49. The van der Waals surface area contributed by atoms with Gasteiger partial charge in [0.05, 0.1) is 10.7 Å². The number of carbonyl (C=O) groups excluding carboxylic acids is 1. The standard InChI is InChI=1S/C15H14FIN2O3/c1-21-13-7-10(15(20)19-18)6-12(17)14(13)22-8-9-4-2-3-5-11(9)16/h2-7H,8,18H2,1H3,(H,19,20). The maximum Gasteiger partial charge on any atom is 0.265 e. The summed E-state index contributed by atoms with van der Waals surface area (Å²) < 4.78 is 25.2. The van der Waals surface area contributed by atoms with Crippen molar-refractivity contribution in [1.82, 2.24) is 5.43 Å². The third kappa shape index (κ3) is 3.66. The van der Waals surface area contributed by atoms with Gasteiger partial charge in [0.15, 0.2) is 11.5 Å². The predicted molar refractivity (Wildman–Crippen MR) is 88.1 cm³/mol. The molecule has 0 saturated carbocycles. The zero-order chi connectivity index (χ0) is 16.1. The summed E-state index contributed by atoms with van der Waals surface area (Å²) in [7, 11) is 1.46. The zero-order valence-electron chi connectivity index (χ0n) is 11.7. The molecule has 0 heterocycles. The Bertz CT molecular complexity index is 694. The minimum Gasteiger partial charge on any atom is -0.493 e. The molecule has 1 amide bonds. The van der Waals surface area contributed by atoms with Crippen LogP contribution >= 0.6 is 22.6 Å². The molecule has 22 heavy (non-hydrogen) atoms. The quantitative estimate of drug-likeness (QED) is 0.340. The minimum atomic E-state index is -0.433. The summed E-state index contributed by atoms with van der Waals surface area (Å²) in [6.07, 6.45) is 0. The van der Waals surface area contributed by atoms with Crippen LogP contribution in [0.25, 0.3) is 0 Å². The highest BCUT2D eigenvalue weighted by molar-refractivity contribution is 14.1. The third-order valence-electron chi connectivity index (χ3n) is 2.95. The number of amides is 1. The number of carbonyl (C=O) groups is 1. The van der Waals surface area contributed by atoms with Gasteiger partial charge in [-0.1, -0.05) is 18.2 Å². The average Bonchev–Trinajstić information content (AvgIpc) is 2.53. The number of nitrogen functional groups attached to an aromatic ring is 1. The summed E-state index contributed by atoms with van der Waals surface area (Å²) in [5.41, 5.74) is 2.84. The van der Waals surface area contributed by atoms with Gasteiger partial charge in [0.2, 0.25) is 0 Å². The first-order chi connectivity index (χ1) is 10.6. The Hall–Kier alpha value is -1.87. The van der Waals surface area contributed by atoms with E-state index in [1.807, 2.05) is 22.6 Å². The largest absolute Gasteiger partial charge is 0.493 e. The van der Waals surface area contributed by atoms with Crippen LogP contribution in [0.3, 0.4) is 0 Å². The topological polar surface area (TPSA) is 73.6 Å². The highest BCUT2D eigenvalue weighted by Crippen LogP contribution is 2.34. The maximum absolute atomic E-state index is 13.6. The van der Waals surface area contributed by atoms with Gasteiger partial charge in [-0.25, -0.2) is 10.2 Å². The lowest BCUT2D eigenvalue weighted by molar-refractivity contribution is 0.0953. The van der Waals surface area contributed by atoms with Crippen molar-refractivity contribution in [2.45, 2.75) is 6.61 Å². The zero-order valence-corrected chi connectivity index (χ0v) is 13.9. The van der Waals surface area contributed by atoms with Gasteiger partial charge in [-0.05, 0) is 40.8 Å². The molecule has 0 saturated heterocycles. The molecule has 2 aromatic carbocycles. The van der Waals surface area contributed by atoms with Crippen molar-refractivity contribution >= 4 is 28.5 Å². The van der Waals surface area contributed by atoms with Crippen LogP contribution < -0.4 is 20.7 Å². The van der Waals surface area contributed by atoms with E-state index in [4.69, 9.17) is 15.3 Å². The highest BCUT2D eigenvalue weighted by atomic mass is 127. The molecule has 0 aliphatic rings. The van der Waals surface area contributed by atoms with Gasteiger partial charge < -0.3 is 9.47 Å². The number of rotatable bonds is 5. The van der Waals surface area contributed by atoms with E-state index >= 15 is 0 Å². The first-order valence-corrected chi connectivity index (χ1v) is 7.39. The fourth-order valence-electron chi connectivity index (χ4n) is 1.84. The van der Waals surface area contributed by atoms with E-state index < -0.39 is 5.91 Å². The van der Waals surface area contributed by atoms with Crippen LogP contribution in [-0.4, -0.2) is 13.0 Å². The average molecular weight is 416 g/mol. The number of hydrogen-bond donors (Lipinski definition) is 2. The Labute approximate surface area is 140 Å². The van der Waals surface area contributed by atoms with E-state index in [0.29, 0.717) is 26.2 Å². The molecule has 0 aromatic heterocycles. The summed E-state index contributed by atoms with van der Waals surface area (Å²) in [6.45, 7) is 0.0570. The second-order valence-corrected chi connectivity index (χ2v) is 5.51. The SMILES string of the molecule is COc1cc(C(=O)NN)cc(I)c1OCc1ccccc1F. The molecule has 7 heteroatoms. The molecule has 116 valence electrons.